The van der Waals surface area contributed by atoms with Crippen molar-refractivity contribution in [2.24, 2.45) is 0 Å². The monoisotopic (exact) mass is 414 g/mol. The van der Waals surface area contributed by atoms with Crippen LogP contribution in [0, 0.1) is 18.3 Å². The van der Waals surface area contributed by atoms with Crippen LogP contribution in [0.5, 0.6) is 0 Å². The average Bonchev–Trinajstić information content (AvgIpc) is 2.69. The molecule has 0 spiro atoms. The number of nitrogens with zero attached hydrogens (tertiary/aromatic N) is 3. The first kappa shape index (κ1) is 20.1. The molecule has 0 radical (unpaired) electrons. The molecule has 2 aromatic rings. The Balaban J connectivity index is 1.62. The van der Waals surface area contributed by atoms with Gasteiger partial charge in [0.25, 0.3) is 5.91 Å². The van der Waals surface area contributed by atoms with Crippen LogP contribution in [0.15, 0.2) is 54.2 Å². The first-order chi connectivity index (χ1) is 13.5. The predicted molar refractivity (Wildman–Crippen MR) is 114 cm³/mol. The number of amides is 1. The van der Waals surface area contributed by atoms with Crippen LogP contribution in [0.25, 0.3) is 0 Å². The molecule has 1 amide bonds. The molecule has 1 aliphatic heterocycles. The molecule has 1 fully saturated rings. The maximum Gasteiger partial charge on any atom is 0.267 e. The zero-order valence-corrected chi connectivity index (χ0v) is 17.0. The van der Waals surface area contributed by atoms with Gasteiger partial charge in [-0.25, -0.2) is 0 Å². The summed E-state index contributed by atoms with van der Waals surface area (Å²) in [6.07, 6.45) is 1.63. The molecular weight excluding hydrogens is 395 g/mol. The summed E-state index contributed by atoms with van der Waals surface area (Å²) < 4.78 is 0. The molecule has 0 atom stereocenters. The molecule has 7 heteroatoms. The zero-order chi connectivity index (χ0) is 20.1. The van der Waals surface area contributed by atoms with Gasteiger partial charge in [0.05, 0.1) is 10.0 Å². The van der Waals surface area contributed by atoms with Crippen molar-refractivity contribution in [3.05, 3.63) is 69.8 Å². The van der Waals surface area contributed by atoms with E-state index < -0.39 is 5.91 Å². The fraction of sp³-hybridized carbons (Fsp3) is 0.238. The van der Waals surface area contributed by atoms with Gasteiger partial charge in [-0.05, 0) is 42.8 Å². The molecule has 0 saturated carbocycles. The number of nitrogens with one attached hydrogen (secondary N) is 1. The van der Waals surface area contributed by atoms with Crippen LogP contribution in [-0.4, -0.2) is 37.0 Å². The minimum atomic E-state index is -0.470. The molecule has 28 heavy (non-hydrogen) atoms. The van der Waals surface area contributed by atoms with E-state index in [1.54, 1.807) is 24.4 Å². The molecule has 0 bridgehead atoms. The van der Waals surface area contributed by atoms with Gasteiger partial charge in [-0.3, -0.25) is 4.79 Å². The van der Waals surface area contributed by atoms with Crippen LogP contribution >= 0.6 is 23.2 Å². The lowest BCUT2D eigenvalue weighted by Gasteiger charge is -2.35. The number of nitriles is 1. The standard InChI is InChI=1S/C21H20Cl2N4O/c1-15-3-2-4-18(11-15)27-9-7-26(8-10-27)14-16(13-24)21(28)25-17-5-6-19(22)20(23)12-17/h2-6,11-12,14H,7-10H2,1H3,(H,25,28)/b16-14-. The van der Waals surface area contributed by atoms with Crippen molar-refractivity contribution in [1.82, 2.24) is 4.90 Å². The molecular formula is C21H20Cl2N4O. The highest BCUT2D eigenvalue weighted by Gasteiger charge is 2.18. The summed E-state index contributed by atoms with van der Waals surface area (Å²) in [6.45, 7) is 5.20. The molecule has 1 heterocycles. The van der Waals surface area contributed by atoms with Gasteiger partial charge >= 0.3 is 0 Å². The van der Waals surface area contributed by atoms with Crippen molar-refractivity contribution in [3.8, 4) is 6.07 Å². The van der Waals surface area contributed by atoms with Crippen LogP contribution < -0.4 is 10.2 Å². The number of hydrogen-bond donors (Lipinski definition) is 1. The topological polar surface area (TPSA) is 59.4 Å². The van der Waals surface area contributed by atoms with E-state index in [1.165, 1.54) is 11.3 Å². The quantitative estimate of drug-likeness (QED) is 0.591. The number of halogens is 2. The van der Waals surface area contributed by atoms with Crippen molar-refractivity contribution < 1.29 is 4.79 Å². The Morgan fingerprint density at radius 2 is 1.86 bits per heavy atom. The Morgan fingerprint density at radius 1 is 1.11 bits per heavy atom. The van der Waals surface area contributed by atoms with Crippen LogP contribution in [-0.2, 0) is 4.79 Å². The van der Waals surface area contributed by atoms with Crippen molar-refractivity contribution in [1.29, 1.82) is 5.26 Å². The predicted octanol–water partition coefficient (Wildman–Crippen LogP) is 4.47. The van der Waals surface area contributed by atoms with E-state index in [0.29, 0.717) is 15.7 Å². The highest BCUT2D eigenvalue weighted by molar-refractivity contribution is 6.42. The lowest BCUT2D eigenvalue weighted by molar-refractivity contribution is -0.112. The largest absolute Gasteiger partial charge is 0.373 e. The molecule has 0 unspecified atom stereocenters. The number of benzene rings is 2. The van der Waals surface area contributed by atoms with Gasteiger partial charge in [0, 0.05) is 43.8 Å². The van der Waals surface area contributed by atoms with Crippen LogP contribution in [0.1, 0.15) is 5.56 Å². The molecule has 0 aromatic heterocycles. The van der Waals surface area contributed by atoms with E-state index in [0.717, 1.165) is 26.2 Å². The normalized spacial score (nSPS) is 14.6. The summed E-state index contributed by atoms with van der Waals surface area (Å²) in [6, 6.07) is 15.2. The van der Waals surface area contributed by atoms with Crippen molar-refractivity contribution >= 4 is 40.5 Å². The highest BCUT2D eigenvalue weighted by Crippen LogP contribution is 2.25. The molecule has 144 valence electrons. The molecule has 2 aromatic carbocycles. The lowest BCUT2D eigenvalue weighted by Crippen LogP contribution is -2.44. The van der Waals surface area contributed by atoms with Gasteiger partial charge in [0.2, 0.25) is 0 Å². The number of carbonyl (C=O) groups excluding carboxylic acids is 1. The highest BCUT2D eigenvalue weighted by atomic mass is 35.5. The molecule has 1 N–H and O–H groups in total. The summed E-state index contributed by atoms with van der Waals surface area (Å²) in [4.78, 5) is 16.7. The first-order valence-electron chi connectivity index (χ1n) is 8.90. The van der Waals surface area contributed by atoms with Gasteiger partial charge < -0.3 is 15.1 Å². The second kappa shape index (κ2) is 9.01. The Bertz CT molecular complexity index is 944. The third-order valence-corrected chi connectivity index (χ3v) is 5.27. The Labute approximate surface area is 174 Å². The van der Waals surface area contributed by atoms with E-state index >= 15 is 0 Å². The van der Waals surface area contributed by atoms with Crippen molar-refractivity contribution in [2.75, 3.05) is 36.4 Å². The number of rotatable bonds is 4. The molecule has 1 saturated heterocycles. The first-order valence-corrected chi connectivity index (χ1v) is 9.66. The summed E-state index contributed by atoms with van der Waals surface area (Å²) in [5.74, 6) is -0.470. The Hall–Kier alpha value is -2.68. The maximum atomic E-state index is 12.4. The minimum absolute atomic E-state index is 0.0510. The molecule has 1 aliphatic rings. The van der Waals surface area contributed by atoms with Crippen LogP contribution in [0.2, 0.25) is 10.0 Å². The molecule has 5 nitrogen and oxygen atoms in total. The van der Waals surface area contributed by atoms with Gasteiger partial charge in [0.15, 0.2) is 0 Å². The summed E-state index contributed by atoms with van der Waals surface area (Å²) >= 11 is 11.8. The second-order valence-corrected chi connectivity index (χ2v) is 7.41. The zero-order valence-electron chi connectivity index (χ0n) is 15.5. The van der Waals surface area contributed by atoms with Gasteiger partial charge in [0.1, 0.15) is 11.6 Å². The van der Waals surface area contributed by atoms with E-state index in [9.17, 15) is 10.1 Å². The van der Waals surface area contributed by atoms with Gasteiger partial charge in [-0.15, -0.1) is 0 Å². The maximum absolute atomic E-state index is 12.4. The SMILES string of the molecule is Cc1cccc(N2CCN(/C=C(/C#N)C(=O)Nc3ccc(Cl)c(Cl)c3)CC2)c1. The van der Waals surface area contributed by atoms with Crippen molar-refractivity contribution in [2.45, 2.75) is 6.92 Å². The third kappa shape index (κ3) is 4.98. The number of carbonyl (C=O) groups is 1. The fourth-order valence-corrected chi connectivity index (χ4v) is 3.33. The number of piperazine rings is 1. The van der Waals surface area contributed by atoms with Gasteiger partial charge in [-0.1, -0.05) is 35.3 Å². The number of hydrogen-bond acceptors (Lipinski definition) is 4. The van der Waals surface area contributed by atoms with Crippen LogP contribution in [0.3, 0.4) is 0 Å². The summed E-state index contributed by atoms with van der Waals surface area (Å²) in [7, 11) is 0. The second-order valence-electron chi connectivity index (χ2n) is 6.60. The van der Waals surface area contributed by atoms with E-state index in [-0.39, 0.29) is 5.57 Å². The number of anilines is 2. The van der Waals surface area contributed by atoms with E-state index in [4.69, 9.17) is 23.2 Å². The third-order valence-electron chi connectivity index (χ3n) is 4.54. The molecule has 3 rings (SSSR count). The Kier molecular flexibility index (Phi) is 6.45. The summed E-state index contributed by atoms with van der Waals surface area (Å²) in [5, 5.41) is 12.8. The molecule has 0 aliphatic carbocycles. The van der Waals surface area contributed by atoms with E-state index in [1.807, 2.05) is 11.0 Å². The minimum Gasteiger partial charge on any atom is -0.373 e. The smallest absolute Gasteiger partial charge is 0.267 e. The van der Waals surface area contributed by atoms with Crippen LogP contribution in [0.4, 0.5) is 11.4 Å². The summed E-state index contributed by atoms with van der Waals surface area (Å²) in [5.41, 5.74) is 2.96. The van der Waals surface area contributed by atoms with Crippen molar-refractivity contribution in [3.63, 3.8) is 0 Å². The fourth-order valence-electron chi connectivity index (χ4n) is 3.03. The average molecular weight is 415 g/mol. The van der Waals surface area contributed by atoms with Gasteiger partial charge in [-0.2, -0.15) is 5.26 Å². The number of aryl methyl sites for hydroxylation is 1. The lowest BCUT2D eigenvalue weighted by atomic mass is 10.2. The van der Waals surface area contributed by atoms with E-state index in [2.05, 4.69) is 41.4 Å². The Morgan fingerprint density at radius 3 is 2.50 bits per heavy atom.